The first-order valence-corrected chi connectivity index (χ1v) is 5.47. The van der Waals surface area contributed by atoms with E-state index in [1.807, 2.05) is 0 Å². The number of pyridine rings is 1. The minimum atomic E-state index is -0.673. The predicted molar refractivity (Wildman–Crippen MR) is 66.5 cm³/mol. The van der Waals surface area contributed by atoms with Gasteiger partial charge < -0.3 is 4.74 Å². The van der Waals surface area contributed by atoms with Gasteiger partial charge in [-0.25, -0.2) is 9.18 Å². The van der Waals surface area contributed by atoms with E-state index in [2.05, 4.69) is 15.0 Å². The topological polar surface area (TPSA) is 88.0 Å². The molecule has 1 aromatic carbocycles. The van der Waals surface area contributed by atoms with Crippen molar-refractivity contribution in [2.45, 2.75) is 6.92 Å². The Morgan fingerprint density at radius 3 is 3.00 bits per heavy atom. The standard InChI is InChI=1S/C12H9FN4O2/c1-2-19-12(18)8-3-7-4-9(13)11(16-17-14)5-10(7)15-6-8/h3-6H,2H2,1H3. The number of fused-ring (bicyclic) bond motifs is 1. The second-order valence-electron chi connectivity index (χ2n) is 3.63. The molecule has 0 aliphatic carbocycles. The molecule has 0 radical (unpaired) electrons. The number of hydrogen-bond donors (Lipinski definition) is 0. The lowest BCUT2D eigenvalue weighted by molar-refractivity contribution is 0.0526. The summed E-state index contributed by atoms with van der Waals surface area (Å²) in [5, 5.41) is 3.65. The molecule has 0 bridgehead atoms. The Kier molecular flexibility index (Phi) is 3.58. The molecule has 0 aliphatic rings. The second kappa shape index (κ2) is 5.32. The van der Waals surface area contributed by atoms with E-state index < -0.39 is 11.8 Å². The fourth-order valence-electron chi connectivity index (χ4n) is 1.59. The normalized spacial score (nSPS) is 10.0. The Morgan fingerprint density at radius 1 is 1.53 bits per heavy atom. The molecule has 19 heavy (non-hydrogen) atoms. The monoisotopic (exact) mass is 260 g/mol. The first-order valence-electron chi connectivity index (χ1n) is 5.47. The molecule has 1 aromatic heterocycles. The van der Waals surface area contributed by atoms with Crippen molar-refractivity contribution in [2.75, 3.05) is 6.61 Å². The van der Waals surface area contributed by atoms with Crippen molar-refractivity contribution in [2.24, 2.45) is 5.11 Å². The largest absolute Gasteiger partial charge is 0.462 e. The third kappa shape index (κ3) is 2.61. The van der Waals surface area contributed by atoms with Crippen molar-refractivity contribution in [3.8, 4) is 0 Å². The molecule has 0 N–H and O–H groups in total. The molecule has 0 saturated carbocycles. The minimum Gasteiger partial charge on any atom is -0.462 e. The maximum Gasteiger partial charge on any atom is 0.339 e. The summed E-state index contributed by atoms with van der Waals surface area (Å²) in [5.74, 6) is -1.19. The molecule has 0 unspecified atom stereocenters. The molecule has 2 rings (SSSR count). The van der Waals surface area contributed by atoms with Gasteiger partial charge in [-0.3, -0.25) is 4.98 Å². The number of carbonyl (C=O) groups excluding carboxylic acids is 1. The third-order valence-electron chi connectivity index (χ3n) is 2.41. The summed E-state index contributed by atoms with van der Waals surface area (Å²) in [5.41, 5.74) is 8.84. The minimum absolute atomic E-state index is 0.133. The molecule has 7 heteroatoms. The summed E-state index contributed by atoms with van der Waals surface area (Å²) in [7, 11) is 0. The fourth-order valence-corrected chi connectivity index (χ4v) is 1.59. The Labute approximate surface area is 107 Å². The van der Waals surface area contributed by atoms with Crippen LogP contribution in [0, 0.1) is 5.82 Å². The van der Waals surface area contributed by atoms with Gasteiger partial charge >= 0.3 is 5.97 Å². The average Bonchev–Trinajstić information content (AvgIpc) is 2.39. The molecular weight excluding hydrogens is 251 g/mol. The number of azide groups is 1. The molecule has 0 spiro atoms. The molecule has 0 atom stereocenters. The van der Waals surface area contributed by atoms with Gasteiger partial charge in [0.05, 0.1) is 23.4 Å². The number of esters is 1. The highest BCUT2D eigenvalue weighted by atomic mass is 19.1. The van der Waals surface area contributed by atoms with Crippen molar-refractivity contribution in [3.05, 3.63) is 46.2 Å². The van der Waals surface area contributed by atoms with Crippen LogP contribution in [0.15, 0.2) is 29.5 Å². The molecular formula is C12H9FN4O2. The van der Waals surface area contributed by atoms with Crippen molar-refractivity contribution in [3.63, 3.8) is 0 Å². The zero-order chi connectivity index (χ0) is 13.8. The van der Waals surface area contributed by atoms with E-state index in [1.165, 1.54) is 18.3 Å². The number of rotatable bonds is 3. The van der Waals surface area contributed by atoms with Crippen LogP contribution in [0.2, 0.25) is 0 Å². The van der Waals surface area contributed by atoms with Crippen LogP contribution in [0.25, 0.3) is 21.3 Å². The van der Waals surface area contributed by atoms with Crippen LogP contribution in [0.3, 0.4) is 0 Å². The zero-order valence-corrected chi connectivity index (χ0v) is 10.00. The molecule has 1 heterocycles. The van der Waals surface area contributed by atoms with E-state index in [1.54, 1.807) is 6.92 Å². The quantitative estimate of drug-likeness (QED) is 0.366. The van der Waals surface area contributed by atoms with Gasteiger partial charge in [0.15, 0.2) is 0 Å². The number of hydrogen-bond acceptors (Lipinski definition) is 4. The van der Waals surface area contributed by atoms with Crippen molar-refractivity contribution >= 4 is 22.6 Å². The summed E-state index contributed by atoms with van der Waals surface area (Å²) in [6.45, 7) is 1.94. The molecule has 2 aromatic rings. The van der Waals surface area contributed by atoms with Crippen molar-refractivity contribution in [1.29, 1.82) is 0 Å². The van der Waals surface area contributed by atoms with Gasteiger partial charge in [0.25, 0.3) is 0 Å². The van der Waals surface area contributed by atoms with Gasteiger partial charge in [-0.05, 0) is 30.7 Å². The Morgan fingerprint density at radius 2 is 2.32 bits per heavy atom. The van der Waals surface area contributed by atoms with Crippen molar-refractivity contribution in [1.82, 2.24) is 4.98 Å². The van der Waals surface area contributed by atoms with Gasteiger partial charge in [0.1, 0.15) is 5.82 Å². The SMILES string of the molecule is CCOC(=O)c1cnc2cc(N=[N+]=[N-])c(F)cc2c1. The van der Waals surface area contributed by atoms with Crippen LogP contribution in [0.5, 0.6) is 0 Å². The average molecular weight is 260 g/mol. The highest BCUT2D eigenvalue weighted by Gasteiger charge is 2.10. The van der Waals surface area contributed by atoms with Crippen LogP contribution in [-0.4, -0.2) is 17.6 Å². The van der Waals surface area contributed by atoms with Crippen LogP contribution >= 0.6 is 0 Å². The van der Waals surface area contributed by atoms with E-state index in [0.29, 0.717) is 10.9 Å². The van der Waals surface area contributed by atoms with Gasteiger partial charge in [0.2, 0.25) is 0 Å². The number of aromatic nitrogens is 1. The summed E-state index contributed by atoms with van der Waals surface area (Å²) in [6, 6.07) is 3.96. The highest BCUT2D eigenvalue weighted by Crippen LogP contribution is 2.24. The Balaban J connectivity index is 2.52. The molecule has 0 aliphatic heterocycles. The Hall–Kier alpha value is -2.66. The van der Waals surface area contributed by atoms with E-state index in [-0.39, 0.29) is 17.9 Å². The lowest BCUT2D eigenvalue weighted by Gasteiger charge is -2.04. The van der Waals surface area contributed by atoms with Gasteiger partial charge in [-0.1, -0.05) is 5.11 Å². The summed E-state index contributed by atoms with van der Waals surface area (Å²) >= 11 is 0. The van der Waals surface area contributed by atoms with E-state index in [0.717, 1.165) is 6.07 Å². The number of benzene rings is 1. The third-order valence-corrected chi connectivity index (χ3v) is 2.41. The number of ether oxygens (including phenoxy) is 1. The molecule has 96 valence electrons. The maximum atomic E-state index is 13.6. The number of nitrogens with zero attached hydrogens (tertiary/aromatic N) is 4. The number of halogens is 1. The van der Waals surface area contributed by atoms with Crippen LogP contribution < -0.4 is 0 Å². The fraction of sp³-hybridized carbons (Fsp3) is 0.167. The summed E-state index contributed by atoms with van der Waals surface area (Å²) in [4.78, 5) is 18.1. The highest BCUT2D eigenvalue weighted by molar-refractivity contribution is 5.94. The first-order chi connectivity index (χ1) is 9.15. The predicted octanol–water partition coefficient (Wildman–Crippen LogP) is 3.49. The van der Waals surface area contributed by atoms with Gasteiger partial charge in [0, 0.05) is 16.5 Å². The van der Waals surface area contributed by atoms with E-state index in [4.69, 9.17) is 10.3 Å². The van der Waals surface area contributed by atoms with Gasteiger partial charge in [-0.2, -0.15) is 0 Å². The second-order valence-corrected chi connectivity index (χ2v) is 3.63. The lowest BCUT2D eigenvalue weighted by atomic mass is 10.1. The van der Waals surface area contributed by atoms with Crippen molar-refractivity contribution < 1.29 is 13.9 Å². The smallest absolute Gasteiger partial charge is 0.339 e. The van der Waals surface area contributed by atoms with Crippen LogP contribution in [0.1, 0.15) is 17.3 Å². The van der Waals surface area contributed by atoms with E-state index in [9.17, 15) is 9.18 Å². The molecule has 6 nitrogen and oxygen atoms in total. The molecule has 0 fully saturated rings. The van der Waals surface area contributed by atoms with Crippen LogP contribution in [0.4, 0.5) is 10.1 Å². The molecule has 0 amide bonds. The van der Waals surface area contributed by atoms with Gasteiger partial charge in [-0.15, -0.1) is 0 Å². The summed E-state index contributed by atoms with van der Waals surface area (Å²) < 4.78 is 18.4. The first kappa shape index (κ1) is 12.8. The lowest BCUT2D eigenvalue weighted by Crippen LogP contribution is -2.05. The maximum absolute atomic E-state index is 13.6. The summed E-state index contributed by atoms with van der Waals surface area (Å²) in [6.07, 6.45) is 1.33. The van der Waals surface area contributed by atoms with Crippen LogP contribution in [-0.2, 0) is 4.74 Å². The number of carbonyl (C=O) groups is 1. The zero-order valence-electron chi connectivity index (χ0n) is 10.00. The Bertz CT molecular complexity index is 695. The molecule has 0 saturated heterocycles. The van der Waals surface area contributed by atoms with E-state index >= 15 is 0 Å².